The predicted octanol–water partition coefficient (Wildman–Crippen LogP) is 1.62. The Hall–Kier alpha value is -1.56. The van der Waals surface area contributed by atoms with E-state index in [-0.39, 0.29) is 12.2 Å². The van der Waals surface area contributed by atoms with Crippen molar-refractivity contribution in [1.82, 2.24) is 5.32 Å². The lowest BCUT2D eigenvalue weighted by molar-refractivity contribution is -0.115. The fourth-order valence-corrected chi connectivity index (χ4v) is 1.05. The Balaban J connectivity index is 2.37. The van der Waals surface area contributed by atoms with E-state index in [1.54, 1.807) is 6.07 Å². The number of anilines is 1. The Morgan fingerprint density at radius 3 is 2.62 bits per heavy atom. The normalized spacial score (nSPS) is 10.5. The van der Waals surface area contributed by atoms with Crippen molar-refractivity contribution in [2.75, 3.05) is 18.4 Å². The maximum absolute atomic E-state index is 13.0. The van der Waals surface area contributed by atoms with Gasteiger partial charge in [0.05, 0.1) is 18.8 Å². The number of alkyl halides is 2. The second-order valence-corrected chi connectivity index (χ2v) is 3.05. The monoisotopic (exact) mass is 232 g/mol. The summed E-state index contributed by atoms with van der Waals surface area (Å²) in [6.07, 6.45) is -2.51. The average Bonchev–Trinajstić information content (AvgIpc) is 2.21. The second-order valence-electron chi connectivity index (χ2n) is 3.05. The van der Waals surface area contributed by atoms with Gasteiger partial charge in [0.25, 0.3) is 6.43 Å². The Morgan fingerprint density at radius 1 is 1.31 bits per heavy atom. The van der Waals surface area contributed by atoms with Gasteiger partial charge >= 0.3 is 0 Å². The van der Waals surface area contributed by atoms with Crippen molar-refractivity contribution in [1.29, 1.82) is 0 Å². The molecule has 88 valence electrons. The molecule has 0 spiro atoms. The number of rotatable bonds is 5. The largest absolute Gasteiger partial charge is 0.322 e. The third-order valence-electron chi connectivity index (χ3n) is 1.73. The molecule has 3 nitrogen and oxygen atoms in total. The molecule has 0 aliphatic heterocycles. The van der Waals surface area contributed by atoms with Crippen LogP contribution < -0.4 is 10.6 Å². The van der Waals surface area contributed by atoms with E-state index in [4.69, 9.17) is 0 Å². The number of carbonyl (C=O) groups excluding carboxylic acids is 1. The molecule has 1 aromatic rings. The molecule has 0 unspecified atom stereocenters. The number of hydrogen-bond acceptors (Lipinski definition) is 2. The lowest BCUT2D eigenvalue weighted by Crippen LogP contribution is -2.31. The van der Waals surface area contributed by atoms with E-state index in [0.717, 1.165) is 0 Å². The van der Waals surface area contributed by atoms with Gasteiger partial charge in [-0.2, -0.15) is 0 Å². The third-order valence-corrected chi connectivity index (χ3v) is 1.73. The van der Waals surface area contributed by atoms with Crippen molar-refractivity contribution in [3.8, 4) is 0 Å². The molecule has 0 bridgehead atoms. The molecule has 2 N–H and O–H groups in total. The molecule has 16 heavy (non-hydrogen) atoms. The molecule has 0 aliphatic carbocycles. The summed E-state index contributed by atoms with van der Waals surface area (Å²) in [5.41, 5.74) is 0.0337. The van der Waals surface area contributed by atoms with Crippen LogP contribution in [0.15, 0.2) is 24.3 Å². The highest BCUT2D eigenvalue weighted by Crippen LogP contribution is 2.11. The number of nitrogens with one attached hydrogen (secondary N) is 2. The SMILES string of the molecule is O=C(CNCC(F)F)Nc1ccccc1F. The van der Waals surface area contributed by atoms with Crippen LogP contribution in [0.1, 0.15) is 0 Å². The molecule has 0 heterocycles. The van der Waals surface area contributed by atoms with Gasteiger partial charge in [0.1, 0.15) is 5.82 Å². The van der Waals surface area contributed by atoms with Crippen molar-refractivity contribution in [2.45, 2.75) is 6.43 Å². The average molecular weight is 232 g/mol. The molecule has 0 saturated carbocycles. The van der Waals surface area contributed by atoms with Crippen molar-refractivity contribution >= 4 is 11.6 Å². The van der Waals surface area contributed by atoms with Crippen molar-refractivity contribution < 1.29 is 18.0 Å². The maximum Gasteiger partial charge on any atom is 0.250 e. The van der Waals surface area contributed by atoms with Crippen molar-refractivity contribution in [3.05, 3.63) is 30.1 Å². The second kappa shape index (κ2) is 6.12. The number of carbonyl (C=O) groups is 1. The van der Waals surface area contributed by atoms with Crippen LogP contribution in [0.5, 0.6) is 0 Å². The minimum Gasteiger partial charge on any atom is -0.322 e. The van der Waals surface area contributed by atoms with Crippen LogP contribution in [0.2, 0.25) is 0 Å². The van der Waals surface area contributed by atoms with E-state index in [1.165, 1.54) is 18.2 Å². The highest BCUT2D eigenvalue weighted by Gasteiger charge is 2.07. The molecule has 1 rings (SSSR count). The number of hydrogen-bond donors (Lipinski definition) is 2. The van der Waals surface area contributed by atoms with Gasteiger partial charge in [-0.25, -0.2) is 13.2 Å². The number of amides is 1. The molecular weight excluding hydrogens is 221 g/mol. The highest BCUT2D eigenvalue weighted by molar-refractivity contribution is 5.92. The topological polar surface area (TPSA) is 41.1 Å². The number of halogens is 3. The zero-order valence-corrected chi connectivity index (χ0v) is 8.34. The summed E-state index contributed by atoms with van der Waals surface area (Å²) in [4.78, 5) is 11.2. The first-order chi connectivity index (χ1) is 7.59. The fourth-order valence-electron chi connectivity index (χ4n) is 1.05. The molecule has 0 aliphatic rings. The summed E-state index contributed by atoms with van der Waals surface area (Å²) in [6.45, 7) is -0.844. The molecule has 0 aromatic heterocycles. The van der Waals surface area contributed by atoms with Crippen LogP contribution in [0.25, 0.3) is 0 Å². The minimum atomic E-state index is -2.51. The van der Waals surface area contributed by atoms with Crippen LogP contribution in [-0.4, -0.2) is 25.4 Å². The van der Waals surface area contributed by atoms with Gasteiger partial charge in [-0.1, -0.05) is 12.1 Å². The van der Waals surface area contributed by atoms with Crippen molar-refractivity contribution in [2.24, 2.45) is 0 Å². The quantitative estimate of drug-likeness (QED) is 0.810. The fraction of sp³-hybridized carbons (Fsp3) is 0.300. The van der Waals surface area contributed by atoms with Gasteiger partial charge in [0.2, 0.25) is 5.91 Å². The first-order valence-corrected chi connectivity index (χ1v) is 4.63. The zero-order chi connectivity index (χ0) is 12.0. The Labute approximate surface area is 90.6 Å². The van der Waals surface area contributed by atoms with Crippen LogP contribution >= 0.6 is 0 Å². The molecule has 0 radical (unpaired) electrons. The summed E-state index contributed by atoms with van der Waals surface area (Å²) in [7, 11) is 0. The summed E-state index contributed by atoms with van der Waals surface area (Å²) >= 11 is 0. The lowest BCUT2D eigenvalue weighted by atomic mass is 10.3. The molecule has 1 amide bonds. The van der Waals surface area contributed by atoms with Crippen molar-refractivity contribution in [3.63, 3.8) is 0 Å². The minimum absolute atomic E-state index is 0.0337. The van der Waals surface area contributed by atoms with Gasteiger partial charge in [0, 0.05) is 0 Å². The predicted molar refractivity (Wildman–Crippen MR) is 53.9 cm³/mol. The lowest BCUT2D eigenvalue weighted by Gasteiger charge is -2.06. The van der Waals surface area contributed by atoms with Gasteiger partial charge in [-0.15, -0.1) is 0 Å². The van der Waals surface area contributed by atoms with Gasteiger partial charge in [-0.3, -0.25) is 4.79 Å². The highest BCUT2D eigenvalue weighted by atomic mass is 19.3. The maximum atomic E-state index is 13.0. The molecule has 0 saturated heterocycles. The summed E-state index contributed by atoms with van der Waals surface area (Å²) in [5, 5.41) is 4.50. The Morgan fingerprint density at radius 2 is 2.00 bits per heavy atom. The first-order valence-electron chi connectivity index (χ1n) is 4.63. The molecule has 0 atom stereocenters. The molecule has 0 fully saturated rings. The van der Waals surface area contributed by atoms with E-state index in [2.05, 4.69) is 10.6 Å². The third kappa shape index (κ3) is 4.31. The number of benzene rings is 1. The Kier molecular flexibility index (Phi) is 4.78. The van der Waals surface area contributed by atoms with Gasteiger partial charge < -0.3 is 10.6 Å². The van der Waals surface area contributed by atoms with Crippen LogP contribution in [0, 0.1) is 5.82 Å². The van der Waals surface area contributed by atoms with Crippen LogP contribution in [-0.2, 0) is 4.79 Å². The van der Waals surface area contributed by atoms with Crippen LogP contribution in [0.3, 0.4) is 0 Å². The van der Waals surface area contributed by atoms with Gasteiger partial charge in [-0.05, 0) is 12.1 Å². The van der Waals surface area contributed by atoms with E-state index in [0.29, 0.717) is 0 Å². The molecule has 1 aromatic carbocycles. The molecular formula is C10H11F3N2O. The van der Waals surface area contributed by atoms with E-state index in [9.17, 15) is 18.0 Å². The van der Waals surface area contributed by atoms with Crippen LogP contribution in [0.4, 0.5) is 18.9 Å². The van der Waals surface area contributed by atoms with Gasteiger partial charge in [0.15, 0.2) is 0 Å². The smallest absolute Gasteiger partial charge is 0.250 e. The van der Waals surface area contributed by atoms with E-state index >= 15 is 0 Å². The summed E-state index contributed by atoms with van der Waals surface area (Å²) in [5.74, 6) is -1.13. The molecule has 6 heteroatoms. The Bertz CT molecular complexity index is 358. The van der Waals surface area contributed by atoms with E-state index in [1.807, 2.05) is 0 Å². The summed E-state index contributed by atoms with van der Waals surface area (Å²) < 4.78 is 36.5. The first kappa shape index (κ1) is 12.5. The summed E-state index contributed by atoms with van der Waals surface area (Å²) in [6, 6.07) is 5.63. The van der Waals surface area contributed by atoms with E-state index < -0.39 is 24.7 Å². The number of para-hydroxylation sites is 1. The zero-order valence-electron chi connectivity index (χ0n) is 8.34. The standard InChI is InChI=1S/C10H11F3N2O/c11-7-3-1-2-4-8(7)15-10(16)6-14-5-9(12)13/h1-4,9,14H,5-6H2,(H,15,16).